The number of nitrogens with one attached hydrogen (secondary N) is 1. The van der Waals surface area contributed by atoms with Crippen LogP contribution in [0.5, 0.6) is 17.2 Å². The minimum atomic E-state index is -0.638. The van der Waals surface area contributed by atoms with Crippen molar-refractivity contribution in [3.8, 4) is 17.2 Å². The minimum Gasteiger partial charge on any atom is -0.494 e. The monoisotopic (exact) mass is 426 g/mol. The van der Waals surface area contributed by atoms with Gasteiger partial charge in [-0.3, -0.25) is 9.59 Å². The second-order valence-corrected chi connectivity index (χ2v) is 7.82. The summed E-state index contributed by atoms with van der Waals surface area (Å²) >= 11 is 0. The first-order chi connectivity index (χ1) is 14.9. The Bertz CT molecular complexity index is 911. The highest BCUT2D eigenvalue weighted by Crippen LogP contribution is 2.31. The average Bonchev–Trinajstić information content (AvgIpc) is 2.77. The molecule has 7 nitrogen and oxygen atoms in total. The fourth-order valence-corrected chi connectivity index (χ4v) is 3.38. The van der Waals surface area contributed by atoms with Gasteiger partial charge in [-0.15, -0.1) is 0 Å². The van der Waals surface area contributed by atoms with Crippen molar-refractivity contribution in [2.24, 2.45) is 5.92 Å². The Kier molecular flexibility index (Phi) is 7.39. The molecule has 1 N–H and O–H groups in total. The van der Waals surface area contributed by atoms with E-state index in [1.807, 2.05) is 39.0 Å². The molecule has 166 valence electrons. The molecule has 0 radical (unpaired) electrons. The van der Waals surface area contributed by atoms with Crippen molar-refractivity contribution >= 4 is 11.8 Å². The molecule has 0 aromatic heterocycles. The van der Waals surface area contributed by atoms with E-state index in [2.05, 4.69) is 5.32 Å². The summed E-state index contributed by atoms with van der Waals surface area (Å²) in [6.45, 7) is 7.74. The van der Waals surface area contributed by atoms with E-state index < -0.39 is 6.04 Å². The Morgan fingerprint density at radius 2 is 1.74 bits per heavy atom. The van der Waals surface area contributed by atoms with E-state index >= 15 is 0 Å². The summed E-state index contributed by atoms with van der Waals surface area (Å²) in [5, 5.41) is 2.88. The molecule has 0 saturated heterocycles. The van der Waals surface area contributed by atoms with E-state index in [1.54, 1.807) is 36.2 Å². The molecule has 0 aliphatic carbocycles. The first-order valence-corrected chi connectivity index (χ1v) is 10.6. The van der Waals surface area contributed by atoms with Gasteiger partial charge in [0.1, 0.15) is 25.0 Å². The van der Waals surface area contributed by atoms with Crippen molar-refractivity contribution in [3.63, 3.8) is 0 Å². The number of amides is 2. The van der Waals surface area contributed by atoms with Gasteiger partial charge < -0.3 is 24.4 Å². The van der Waals surface area contributed by atoms with Gasteiger partial charge in [0.25, 0.3) is 5.91 Å². The molecule has 0 unspecified atom stereocenters. The Labute approximate surface area is 183 Å². The van der Waals surface area contributed by atoms with E-state index in [0.717, 1.165) is 5.56 Å². The van der Waals surface area contributed by atoms with Gasteiger partial charge in [-0.05, 0) is 54.8 Å². The van der Waals surface area contributed by atoms with Crippen LogP contribution in [0.15, 0.2) is 42.5 Å². The van der Waals surface area contributed by atoms with Crippen LogP contribution in [0.2, 0.25) is 0 Å². The zero-order chi connectivity index (χ0) is 22.4. The summed E-state index contributed by atoms with van der Waals surface area (Å²) in [4.78, 5) is 27.5. The summed E-state index contributed by atoms with van der Waals surface area (Å²) in [6, 6.07) is 11.9. The Hall–Kier alpha value is -3.22. The van der Waals surface area contributed by atoms with Crippen molar-refractivity contribution in [2.45, 2.75) is 33.4 Å². The Morgan fingerprint density at radius 1 is 1.06 bits per heavy atom. The zero-order valence-electron chi connectivity index (χ0n) is 18.5. The highest BCUT2D eigenvalue weighted by atomic mass is 16.6. The van der Waals surface area contributed by atoms with Gasteiger partial charge in [0.15, 0.2) is 11.5 Å². The largest absolute Gasteiger partial charge is 0.494 e. The number of nitrogens with zero attached hydrogens (tertiary/aromatic N) is 1. The number of hydrogen-bond acceptors (Lipinski definition) is 5. The topological polar surface area (TPSA) is 77.1 Å². The number of carbonyl (C=O) groups excluding carboxylic acids is 2. The lowest BCUT2D eigenvalue weighted by molar-refractivity contribution is -0.133. The standard InChI is InChI=1S/C24H30N2O5/c1-5-29-19-9-7-18(8-10-19)23(27)25-22(16(2)3)24(28)26(4)15-17-6-11-20-21(14-17)31-13-12-30-20/h6-11,14,16,22H,5,12-13,15H2,1-4H3,(H,25,27)/t22-/m1/s1. The summed E-state index contributed by atoms with van der Waals surface area (Å²) in [6.07, 6.45) is 0. The maximum absolute atomic E-state index is 13.1. The molecule has 31 heavy (non-hydrogen) atoms. The molecule has 2 amide bonds. The molecule has 0 bridgehead atoms. The van der Waals surface area contributed by atoms with Gasteiger partial charge in [0.2, 0.25) is 5.91 Å². The highest BCUT2D eigenvalue weighted by molar-refractivity contribution is 5.97. The molecule has 2 aromatic rings. The molecule has 1 atom stereocenters. The Balaban J connectivity index is 1.65. The molecule has 2 aromatic carbocycles. The van der Waals surface area contributed by atoms with Gasteiger partial charge >= 0.3 is 0 Å². The molecule has 7 heteroatoms. The predicted molar refractivity (Wildman–Crippen MR) is 118 cm³/mol. The first kappa shape index (κ1) is 22.5. The van der Waals surface area contributed by atoms with Crippen LogP contribution >= 0.6 is 0 Å². The lowest BCUT2D eigenvalue weighted by Gasteiger charge is -2.27. The Morgan fingerprint density at radius 3 is 2.39 bits per heavy atom. The van der Waals surface area contributed by atoms with Gasteiger partial charge in [0.05, 0.1) is 6.61 Å². The van der Waals surface area contributed by atoms with E-state index in [0.29, 0.717) is 49.2 Å². The normalized spacial score (nSPS) is 13.5. The van der Waals surface area contributed by atoms with Crippen LogP contribution < -0.4 is 19.5 Å². The SMILES string of the molecule is CCOc1ccc(C(=O)N[C@@H](C(=O)N(C)Cc2ccc3c(c2)OCCO3)C(C)C)cc1. The molecule has 0 saturated carbocycles. The van der Waals surface area contributed by atoms with E-state index in [9.17, 15) is 9.59 Å². The van der Waals surface area contributed by atoms with Crippen LogP contribution in [0.25, 0.3) is 0 Å². The third kappa shape index (κ3) is 5.69. The minimum absolute atomic E-state index is 0.0677. The maximum atomic E-state index is 13.1. The summed E-state index contributed by atoms with van der Waals surface area (Å²) < 4.78 is 16.6. The lowest BCUT2D eigenvalue weighted by atomic mass is 10.0. The highest BCUT2D eigenvalue weighted by Gasteiger charge is 2.27. The van der Waals surface area contributed by atoms with Crippen molar-refractivity contribution < 1.29 is 23.8 Å². The van der Waals surface area contributed by atoms with Gasteiger partial charge in [0, 0.05) is 19.2 Å². The number of carbonyl (C=O) groups is 2. The molecular formula is C24H30N2O5. The summed E-state index contributed by atoms with van der Waals surface area (Å²) in [7, 11) is 1.73. The first-order valence-electron chi connectivity index (χ1n) is 10.6. The lowest BCUT2D eigenvalue weighted by Crippen LogP contribution is -2.50. The van der Waals surface area contributed by atoms with Gasteiger partial charge in [-0.2, -0.15) is 0 Å². The third-order valence-corrected chi connectivity index (χ3v) is 5.05. The number of rotatable bonds is 8. The zero-order valence-corrected chi connectivity index (χ0v) is 18.5. The molecule has 1 heterocycles. The molecule has 1 aliphatic heterocycles. The van der Waals surface area contributed by atoms with E-state index in [4.69, 9.17) is 14.2 Å². The van der Waals surface area contributed by atoms with Crippen LogP contribution in [-0.4, -0.2) is 49.6 Å². The molecule has 0 fully saturated rings. The summed E-state index contributed by atoms with van der Waals surface area (Å²) in [5.74, 6) is 1.60. The number of ether oxygens (including phenoxy) is 3. The number of fused-ring (bicyclic) bond motifs is 1. The molecular weight excluding hydrogens is 396 g/mol. The molecule has 3 rings (SSSR count). The van der Waals surface area contributed by atoms with Crippen LogP contribution in [-0.2, 0) is 11.3 Å². The number of benzene rings is 2. The smallest absolute Gasteiger partial charge is 0.251 e. The van der Waals surface area contributed by atoms with Crippen molar-refractivity contribution in [2.75, 3.05) is 26.9 Å². The van der Waals surface area contributed by atoms with Crippen LogP contribution in [0.4, 0.5) is 0 Å². The van der Waals surface area contributed by atoms with Crippen molar-refractivity contribution in [1.82, 2.24) is 10.2 Å². The fourth-order valence-electron chi connectivity index (χ4n) is 3.38. The summed E-state index contributed by atoms with van der Waals surface area (Å²) in [5.41, 5.74) is 1.41. The van der Waals surface area contributed by atoms with Crippen LogP contribution in [0.1, 0.15) is 36.7 Å². The predicted octanol–water partition coefficient (Wildman–Crippen LogP) is 3.27. The van der Waals surface area contributed by atoms with Gasteiger partial charge in [-0.1, -0.05) is 19.9 Å². The van der Waals surface area contributed by atoms with Crippen molar-refractivity contribution in [1.29, 1.82) is 0 Å². The second kappa shape index (κ2) is 10.2. The second-order valence-electron chi connectivity index (χ2n) is 7.82. The molecule has 0 spiro atoms. The van der Waals surface area contributed by atoms with Crippen LogP contribution in [0.3, 0.4) is 0 Å². The van der Waals surface area contributed by atoms with E-state index in [-0.39, 0.29) is 17.7 Å². The molecule has 1 aliphatic rings. The van der Waals surface area contributed by atoms with Crippen molar-refractivity contribution in [3.05, 3.63) is 53.6 Å². The third-order valence-electron chi connectivity index (χ3n) is 5.05. The van der Waals surface area contributed by atoms with Crippen LogP contribution in [0, 0.1) is 5.92 Å². The maximum Gasteiger partial charge on any atom is 0.251 e. The number of hydrogen-bond donors (Lipinski definition) is 1. The quantitative estimate of drug-likeness (QED) is 0.701. The average molecular weight is 427 g/mol. The van der Waals surface area contributed by atoms with E-state index in [1.165, 1.54) is 0 Å². The number of likely N-dealkylation sites (N-methyl/N-ethyl adjacent to an activating group) is 1. The fraction of sp³-hybridized carbons (Fsp3) is 0.417. The van der Waals surface area contributed by atoms with Gasteiger partial charge in [-0.25, -0.2) is 0 Å².